The highest BCUT2D eigenvalue weighted by atomic mass is 32.2. The van der Waals surface area contributed by atoms with E-state index in [-0.39, 0.29) is 23.5 Å². The Kier molecular flexibility index (Phi) is 5.20. The summed E-state index contributed by atoms with van der Waals surface area (Å²) < 4.78 is 28.5. The van der Waals surface area contributed by atoms with Gasteiger partial charge in [0, 0.05) is 18.0 Å². The Labute approximate surface area is 152 Å². The Bertz CT molecular complexity index is 759. The highest BCUT2D eigenvalue weighted by Gasteiger charge is 2.35. The van der Waals surface area contributed by atoms with Gasteiger partial charge in [0.15, 0.2) is 15.9 Å². The molecule has 2 heterocycles. The maximum Gasteiger partial charge on any atom is 0.349 e. The van der Waals surface area contributed by atoms with Gasteiger partial charge in [-0.05, 0) is 50.7 Å². The van der Waals surface area contributed by atoms with E-state index in [0.29, 0.717) is 11.3 Å². The highest BCUT2D eigenvalue weighted by molar-refractivity contribution is 7.91. The van der Waals surface area contributed by atoms with Gasteiger partial charge in [-0.1, -0.05) is 0 Å². The molecule has 0 aromatic carbocycles. The molecule has 8 heteroatoms. The predicted molar refractivity (Wildman–Crippen MR) is 95.7 cm³/mol. The van der Waals surface area contributed by atoms with Crippen LogP contribution in [0.1, 0.15) is 46.3 Å². The normalized spacial score (nSPS) is 22.9. The van der Waals surface area contributed by atoms with E-state index in [9.17, 15) is 18.0 Å². The minimum atomic E-state index is -3.07. The van der Waals surface area contributed by atoms with Crippen molar-refractivity contribution in [3.05, 3.63) is 21.4 Å². The number of ether oxygens (including phenoxy) is 1. The number of likely N-dealkylation sites (N-methyl/N-ethyl adjacent to an activating group) is 1. The van der Waals surface area contributed by atoms with Gasteiger partial charge in [0.05, 0.1) is 11.5 Å². The third kappa shape index (κ3) is 4.06. The lowest BCUT2D eigenvalue weighted by Gasteiger charge is -2.26. The molecular formula is C17H23NO5S2. The molecule has 0 N–H and O–H groups in total. The van der Waals surface area contributed by atoms with Crippen LogP contribution in [-0.2, 0) is 32.2 Å². The van der Waals surface area contributed by atoms with Gasteiger partial charge in [-0.15, -0.1) is 11.3 Å². The molecule has 1 aromatic rings. The Morgan fingerprint density at radius 2 is 2.04 bits per heavy atom. The van der Waals surface area contributed by atoms with Gasteiger partial charge >= 0.3 is 5.97 Å². The van der Waals surface area contributed by atoms with Gasteiger partial charge in [0.2, 0.25) is 0 Å². The molecule has 2 atom stereocenters. The van der Waals surface area contributed by atoms with Crippen LogP contribution in [0.2, 0.25) is 0 Å². The first kappa shape index (κ1) is 18.4. The van der Waals surface area contributed by atoms with Crippen LogP contribution in [0.5, 0.6) is 0 Å². The van der Waals surface area contributed by atoms with Crippen molar-refractivity contribution in [3.63, 3.8) is 0 Å². The van der Waals surface area contributed by atoms with E-state index >= 15 is 0 Å². The number of carbonyl (C=O) groups is 2. The zero-order valence-corrected chi connectivity index (χ0v) is 16.1. The molecule has 0 bridgehead atoms. The summed E-state index contributed by atoms with van der Waals surface area (Å²) in [5.74, 6) is -0.762. The van der Waals surface area contributed by atoms with E-state index in [0.717, 1.165) is 25.7 Å². The van der Waals surface area contributed by atoms with Crippen molar-refractivity contribution < 1.29 is 22.7 Å². The number of sulfone groups is 1. The first-order valence-corrected chi connectivity index (χ1v) is 11.2. The second kappa shape index (κ2) is 7.07. The van der Waals surface area contributed by atoms with Crippen LogP contribution >= 0.6 is 11.3 Å². The van der Waals surface area contributed by atoms with E-state index in [1.54, 1.807) is 7.05 Å². The lowest BCUT2D eigenvalue weighted by Crippen LogP contribution is -2.44. The van der Waals surface area contributed by atoms with E-state index < -0.39 is 21.9 Å². The van der Waals surface area contributed by atoms with E-state index in [4.69, 9.17) is 4.74 Å². The zero-order valence-electron chi connectivity index (χ0n) is 14.5. The van der Waals surface area contributed by atoms with Crippen LogP contribution in [0, 0.1) is 0 Å². The Morgan fingerprint density at radius 3 is 2.68 bits per heavy atom. The quantitative estimate of drug-likeness (QED) is 0.739. The van der Waals surface area contributed by atoms with Crippen molar-refractivity contribution in [3.8, 4) is 0 Å². The summed E-state index contributed by atoms with van der Waals surface area (Å²) >= 11 is 1.45. The summed E-state index contributed by atoms with van der Waals surface area (Å²) in [7, 11) is -1.50. The Morgan fingerprint density at radius 1 is 1.32 bits per heavy atom. The second-order valence-corrected chi connectivity index (χ2v) is 10.2. The number of hydrogen-bond donors (Lipinski definition) is 0. The molecule has 2 aliphatic rings. The van der Waals surface area contributed by atoms with E-state index in [1.165, 1.54) is 33.6 Å². The number of nitrogens with zero attached hydrogens (tertiary/aromatic N) is 1. The minimum absolute atomic E-state index is 0.0203. The molecule has 138 valence electrons. The number of carbonyl (C=O) groups excluding carboxylic acids is 2. The molecule has 25 heavy (non-hydrogen) atoms. The standard InChI is InChI=1S/C17H23NO5S2/c1-11(16(19)18(2)13-7-8-25(21,22)10-13)23-17(20)15-9-12-5-3-4-6-14(12)24-15/h9,11,13H,3-8,10H2,1-2H3/t11-,13-/m0/s1. The van der Waals surface area contributed by atoms with Crippen LogP contribution in [0.25, 0.3) is 0 Å². The monoisotopic (exact) mass is 385 g/mol. The molecule has 6 nitrogen and oxygen atoms in total. The number of amides is 1. The fraction of sp³-hybridized carbons (Fsp3) is 0.647. The van der Waals surface area contributed by atoms with Crippen LogP contribution in [0.4, 0.5) is 0 Å². The lowest BCUT2D eigenvalue weighted by atomic mass is 9.99. The first-order valence-electron chi connectivity index (χ1n) is 8.56. The summed E-state index contributed by atoms with van der Waals surface area (Å²) in [6, 6.07) is 1.54. The van der Waals surface area contributed by atoms with Gasteiger partial charge in [-0.2, -0.15) is 0 Å². The van der Waals surface area contributed by atoms with Crippen LogP contribution in [0.15, 0.2) is 6.07 Å². The number of esters is 1. The summed E-state index contributed by atoms with van der Waals surface area (Å²) in [6.45, 7) is 1.54. The molecular weight excluding hydrogens is 362 g/mol. The van der Waals surface area contributed by atoms with Crippen molar-refractivity contribution in [1.82, 2.24) is 4.90 Å². The van der Waals surface area contributed by atoms with Crippen molar-refractivity contribution >= 4 is 33.1 Å². The van der Waals surface area contributed by atoms with Crippen molar-refractivity contribution in [2.45, 2.75) is 51.2 Å². The minimum Gasteiger partial charge on any atom is -0.448 e. The number of aryl methyl sites for hydroxylation is 2. The van der Waals surface area contributed by atoms with Crippen molar-refractivity contribution in [1.29, 1.82) is 0 Å². The van der Waals surface area contributed by atoms with Crippen LogP contribution in [0.3, 0.4) is 0 Å². The third-order valence-electron chi connectivity index (χ3n) is 4.93. The largest absolute Gasteiger partial charge is 0.448 e. The molecule has 0 radical (unpaired) electrons. The molecule has 1 saturated heterocycles. The first-order chi connectivity index (χ1) is 11.8. The van der Waals surface area contributed by atoms with Crippen LogP contribution in [-0.4, -0.2) is 55.9 Å². The van der Waals surface area contributed by atoms with Gasteiger partial charge in [-0.3, -0.25) is 4.79 Å². The molecule has 1 fully saturated rings. The number of hydrogen-bond acceptors (Lipinski definition) is 6. The SMILES string of the molecule is C[C@H](OC(=O)c1cc2c(s1)CCCC2)C(=O)N(C)[C@H]1CCS(=O)(=O)C1. The predicted octanol–water partition coefficient (Wildman–Crippen LogP) is 1.82. The average Bonchev–Trinajstić information content (AvgIpc) is 3.16. The molecule has 0 spiro atoms. The number of rotatable bonds is 4. The van der Waals surface area contributed by atoms with Gasteiger partial charge in [-0.25, -0.2) is 13.2 Å². The van der Waals surface area contributed by atoms with E-state index in [2.05, 4.69) is 0 Å². The van der Waals surface area contributed by atoms with Gasteiger partial charge in [0.25, 0.3) is 5.91 Å². The smallest absolute Gasteiger partial charge is 0.349 e. The molecule has 1 aliphatic carbocycles. The average molecular weight is 386 g/mol. The van der Waals surface area contributed by atoms with E-state index in [1.807, 2.05) is 6.07 Å². The third-order valence-corrected chi connectivity index (χ3v) is 7.90. The highest BCUT2D eigenvalue weighted by Crippen LogP contribution is 2.30. The zero-order chi connectivity index (χ0) is 18.2. The Hall–Kier alpha value is -1.41. The number of fused-ring (bicyclic) bond motifs is 1. The Balaban J connectivity index is 1.61. The fourth-order valence-corrected chi connectivity index (χ4v) is 6.32. The molecule has 1 amide bonds. The molecule has 3 rings (SSSR count). The molecule has 1 aliphatic heterocycles. The molecule has 1 aromatic heterocycles. The van der Waals surface area contributed by atoms with Crippen molar-refractivity contribution in [2.24, 2.45) is 0 Å². The van der Waals surface area contributed by atoms with Crippen LogP contribution < -0.4 is 0 Å². The van der Waals surface area contributed by atoms with Gasteiger partial charge < -0.3 is 9.64 Å². The summed E-state index contributed by atoms with van der Waals surface area (Å²) in [5, 5.41) is 0. The topological polar surface area (TPSA) is 80.8 Å². The summed E-state index contributed by atoms with van der Waals surface area (Å²) in [4.78, 5) is 28.0. The fourth-order valence-electron chi connectivity index (χ4n) is 3.41. The maximum atomic E-state index is 12.5. The van der Waals surface area contributed by atoms with Crippen molar-refractivity contribution in [2.75, 3.05) is 18.6 Å². The van der Waals surface area contributed by atoms with Gasteiger partial charge in [0.1, 0.15) is 4.88 Å². The summed E-state index contributed by atoms with van der Waals surface area (Å²) in [5.41, 5.74) is 1.22. The lowest BCUT2D eigenvalue weighted by molar-refractivity contribution is -0.140. The number of thiophene rings is 1. The molecule has 0 saturated carbocycles. The summed E-state index contributed by atoms with van der Waals surface area (Å²) in [6.07, 6.45) is 3.78. The second-order valence-electron chi connectivity index (χ2n) is 6.82. The molecule has 0 unspecified atom stereocenters. The maximum absolute atomic E-state index is 12.5.